The number of hydrogen-bond donors (Lipinski definition) is 3. The molecule has 0 saturated carbocycles. The molecule has 0 aliphatic carbocycles. The van der Waals surface area contributed by atoms with Gasteiger partial charge in [0.15, 0.2) is 0 Å². The van der Waals surface area contributed by atoms with E-state index >= 15 is 0 Å². The predicted molar refractivity (Wildman–Crippen MR) is 58.6 cm³/mol. The summed E-state index contributed by atoms with van der Waals surface area (Å²) in [6.45, 7) is 0.202. The molecule has 1 rings (SSSR count). The van der Waals surface area contributed by atoms with Crippen LogP contribution in [-0.2, 0) is 0 Å². The summed E-state index contributed by atoms with van der Waals surface area (Å²) in [4.78, 5) is 16.0. The van der Waals surface area contributed by atoms with Crippen LogP contribution < -0.4 is 0 Å². The molecule has 1 amide bonds. The van der Waals surface area contributed by atoms with Gasteiger partial charge >= 0.3 is 0 Å². The Labute approximate surface area is 95.8 Å². The van der Waals surface area contributed by atoms with E-state index < -0.39 is 0 Å². The average molecular weight is 277 g/mol. The highest BCUT2D eigenvalue weighted by Gasteiger charge is 2.15. The fourth-order valence-corrected chi connectivity index (χ4v) is 1.56. The monoisotopic (exact) mass is 276 g/mol. The normalized spacial score (nSPS) is 10.3. The number of carbonyl (C=O) groups excluding carboxylic acids is 1. The first kappa shape index (κ1) is 12.2. The van der Waals surface area contributed by atoms with Gasteiger partial charge in [-0.25, -0.2) is 0 Å². The molecule has 0 aromatic carbocycles. The number of nitrogens with zero attached hydrogens (tertiary/aromatic N) is 1. The molecule has 0 unspecified atom stereocenters. The Bertz CT molecular complexity index is 321. The number of H-pyrrole nitrogens is 1. The number of carbonyl (C=O) groups is 1. The summed E-state index contributed by atoms with van der Waals surface area (Å²) in [5.41, 5.74) is 0.434. The van der Waals surface area contributed by atoms with E-state index in [1.54, 1.807) is 12.3 Å². The van der Waals surface area contributed by atoms with Gasteiger partial charge in [-0.1, -0.05) is 0 Å². The Morgan fingerprint density at radius 2 is 2.00 bits per heavy atom. The van der Waals surface area contributed by atoms with Crippen LogP contribution in [-0.4, -0.2) is 52.3 Å². The summed E-state index contributed by atoms with van der Waals surface area (Å²) in [5.74, 6) is -0.233. The molecule has 1 aromatic heterocycles. The maximum Gasteiger partial charge on any atom is 0.270 e. The molecule has 0 spiro atoms. The number of aromatic nitrogens is 1. The van der Waals surface area contributed by atoms with Crippen molar-refractivity contribution in [2.24, 2.45) is 0 Å². The van der Waals surface area contributed by atoms with Gasteiger partial charge in [0.25, 0.3) is 5.91 Å². The van der Waals surface area contributed by atoms with Gasteiger partial charge in [0.05, 0.1) is 13.2 Å². The molecule has 0 saturated heterocycles. The first-order chi connectivity index (χ1) is 7.19. The summed E-state index contributed by atoms with van der Waals surface area (Å²) in [7, 11) is 0. The standard InChI is InChI=1S/C9H13BrN2O3/c10-7-5-8(11-6-7)9(15)12(1-3-13)2-4-14/h5-6,11,13-14H,1-4H2. The van der Waals surface area contributed by atoms with E-state index in [2.05, 4.69) is 20.9 Å². The molecule has 0 radical (unpaired) electrons. The highest BCUT2D eigenvalue weighted by Crippen LogP contribution is 2.12. The fourth-order valence-electron chi connectivity index (χ4n) is 1.22. The molecule has 0 bridgehead atoms. The van der Waals surface area contributed by atoms with E-state index in [4.69, 9.17) is 10.2 Å². The zero-order chi connectivity index (χ0) is 11.3. The fraction of sp³-hybridized carbons (Fsp3) is 0.444. The van der Waals surface area contributed by atoms with E-state index in [-0.39, 0.29) is 32.2 Å². The number of amides is 1. The molecule has 0 aliphatic rings. The van der Waals surface area contributed by atoms with Crippen molar-refractivity contribution in [1.29, 1.82) is 0 Å². The van der Waals surface area contributed by atoms with Gasteiger partial charge in [0.2, 0.25) is 0 Å². The van der Waals surface area contributed by atoms with Crippen molar-refractivity contribution in [3.8, 4) is 0 Å². The average Bonchev–Trinajstić information content (AvgIpc) is 2.63. The highest BCUT2D eigenvalue weighted by molar-refractivity contribution is 9.10. The van der Waals surface area contributed by atoms with Crippen LogP contribution in [0.2, 0.25) is 0 Å². The quantitative estimate of drug-likeness (QED) is 0.719. The number of aromatic amines is 1. The van der Waals surface area contributed by atoms with E-state index in [1.807, 2.05) is 0 Å². The summed E-state index contributed by atoms with van der Waals surface area (Å²) in [6, 6.07) is 1.66. The molecule has 84 valence electrons. The van der Waals surface area contributed by atoms with Gasteiger partial charge < -0.3 is 20.1 Å². The lowest BCUT2D eigenvalue weighted by Crippen LogP contribution is -2.36. The summed E-state index contributed by atoms with van der Waals surface area (Å²) in [6.07, 6.45) is 1.66. The second-order valence-corrected chi connectivity index (χ2v) is 3.89. The van der Waals surface area contributed by atoms with E-state index in [1.165, 1.54) is 4.90 Å². The Kier molecular flexibility index (Phi) is 4.80. The third-order valence-electron chi connectivity index (χ3n) is 1.91. The Hall–Kier alpha value is -0.850. The molecule has 3 N–H and O–H groups in total. The van der Waals surface area contributed by atoms with Crippen LogP contribution in [0.3, 0.4) is 0 Å². The second-order valence-electron chi connectivity index (χ2n) is 2.97. The minimum Gasteiger partial charge on any atom is -0.395 e. The minimum absolute atomic E-state index is 0.117. The smallest absolute Gasteiger partial charge is 0.270 e. The largest absolute Gasteiger partial charge is 0.395 e. The maximum atomic E-state index is 11.8. The minimum atomic E-state index is -0.233. The molecule has 0 fully saturated rings. The molecule has 0 atom stereocenters. The molecule has 1 heterocycles. The van der Waals surface area contributed by atoms with Crippen LogP contribution in [0.15, 0.2) is 16.7 Å². The Balaban J connectivity index is 2.71. The van der Waals surface area contributed by atoms with Crippen LogP contribution in [0.1, 0.15) is 10.5 Å². The topological polar surface area (TPSA) is 76.6 Å². The van der Waals surface area contributed by atoms with Crippen molar-refractivity contribution < 1.29 is 15.0 Å². The van der Waals surface area contributed by atoms with Crippen molar-refractivity contribution in [3.05, 3.63) is 22.4 Å². The first-order valence-electron chi connectivity index (χ1n) is 4.54. The molecule has 5 nitrogen and oxygen atoms in total. The number of rotatable bonds is 5. The van der Waals surface area contributed by atoms with Crippen LogP contribution in [0.25, 0.3) is 0 Å². The number of halogens is 1. The van der Waals surface area contributed by atoms with E-state index in [0.717, 1.165) is 4.47 Å². The van der Waals surface area contributed by atoms with E-state index in [0.29, 0.717) is 5.69 Å². The third kappa shape index (κ3) is 3.33. The third-order valence-corrected chi connectivity index (χ3v) is 2.36. The van der Waals surface area contributed by atoms with E-state index in [9.17, 15) is 4.79 Å². The van der Waals surface area contributed by atoms with Crippen molar-refractivity contribution in [2.45, 2.75) is 0 Å². The SMILES string of the molecule is O=C(c1cc(Br)c[nH]1)N(CCO)CCO. The van der Waals surface area contributed by atoms with Crippen LogP contribution in [0.5, 0.6) is 0 Å². The molecule has 6 heteroatoms. The molecular formula is C9H13BrN2O3. The number of hydrogen-bond acceptors (Lipinski definition) is 3. The number of aliphatic hydroxyl groups excluding tert-OH is 2. The van der Waals surface area contributed by atoms with Crippen molar-refractivity contribution >= 4 is 21.8 Å². The van der Waals surface area contributed by atoms with Crippen LogP contribution in [0.4, 0.5) is 0 Å². The van der Waals surface area contributed by atoms with Gasteiger partial charge in [-0.2, -0.15) is 0 Å². The van der Waals surface area contributed by atoms with Crippen LogP contribution >= 0.6 is 15.9 Å². The summed E-state index contributed by atoms with van der Waals surface area (Å²) < 4.78 is 0.791. The maximum absolute atomic E-state index is 11.8. The lowest BCUT2D eigenvalue weighted by Gasteiger charge is -2.19. The van der Waals surface area contributed by atoms with Gasteiger partial charge in [0, 0.05) is 23.8 Å². The molecule has 15 heavy (non-hydrogen) atoms. The summed E-state index contributed by atoms with van der Waals surface area (Å²) in [5, 5.41) is 17.5. The van der Waals surface area contributed by atoms with Crippen molar-refractivity contribution in [3.63, 3.8) is 0 Å². The van der Waals surface area contributed by atoms with Gasteiger partial charge in [-0.05, 0) is 22.0 Å². The molecule has 0 aliphatic heterocycles. The number of nitrogens with one attached hydrogen (secondary N) is 1. The van der Waals surface area contributed by atoms with Crippen molar-refractivity contribution in [1.82, 2.24) is 9.88 Å². The highest BCUT2D eigenvalue weighted by atomic mass is 79.9. The summed E-state index contributed by atoms with van der Waals surface area (Å²) >= 11 is 3.23. The zero-order valence-corrected chi connectivity index (χ0v) is 9.70. The van der Waals surface area contributed by atoms with Gasteiger partial charge in [-0.15, -0.1) is 0 Å². The molecule has 1 aromatic rings. The second kappa shape index (κ2) is 5.89. The Morgan fingerprint density at radius 3 is 2.40 bits per heavy atom. The lowest BCUT2D eigenvalue weighted by atomic mass is 10.3. The Morgan fingerprint density at radius 1 is 1.40 bits per heavy atom. The van der Waals surface area contributed by atoms with Crippen LogP contribution in [0, 0.1) is 0 Å². The first-order valence-corrected chi connectivity index (χ1v) is 5.33. The lowest BCUT2D eigenvalue weighted by molar-refractivity contribution is 0.0679. The zero-order valence-electron chi connectivity index (χ0n) is 8.11. The predicted octanol–water partition coefficient (Wildman–Crippen LogP) is 0.204. The number of aliphatic hydroxyl groups is 2. The van der Waals surface area contributed by atoms with Crippen molar-refractivity contribution in [2.75, 3.05) is 26.3 Å². The molecular weight excluding hydrogens is 264 g/mol. The van der Waals surface area contributed by atoms with Gasteiger partial charge in [-0.3, -0.25) is 4.79 Å². The van der Waals surface area contributed by atoms with Gasteiger partial charge in [0.1, 0.15) is 5.69 Å².